The molecule has 0 spiro atoms. The van der Waals surface area contributed by atoms with Crippen LogP contribution in [0.3, 0.4) is 0 Å². The predicted octanol–water partition coefficient (Wildman–Crippen LogP) is -0.244. The van der Waals surface area contributed by atoms with E-state index in [1.165, 1.54) is 0 Å². The van der Waals surface area contributed by atoms with Crippen LogP contribution in [0.25, 0.3) is 0 Å². The van der Waals surface area contributed by atoms with Crippen LogP contribution in [-0.2, 0) is 9.53 Å². The first-order valence-corrected chi connectivity index (χ1v) is 5.13. The van der Waals surface area contributed by atoms with Gasteiger partial charge in [0.15, 0.2) is 0 Å². The number of hydrogen-bond acceptors (Lipinski definition) is 4. The number of carbonyl (C=O) groups excluding carboxylic acids is 1. The third-order valence-corrected chi connectivity index (χ3v) is 2.58. The monoisotopic (exact) mass is 212 g/mol. The fourth-order valence-electron chi connectivity index (χ4n) is 1.62. The van der Waals surface area contributed by atoms with Crippen molar-refractivity contribution in [3.63, 3.8) is 0 Å². The fraction of sp³-hybridized carbons (Fsp3) is 0.800. The number of aliphatic hydroxyl groups is 1. The van der Waals surface area contributed by atoms with Crippen LogP contribution in [0.1, 0.15) is 13.3 Å². The molecule has 1 rings (SSSR count). The number of nitriles is 1. The summed E-state index contributed by atoms with van der Waals surface area (Å²) >= 11 is 0. The zero-order valence-electron chi connectivity index (χ0n) is 8.85. The molecule has 0 bridgehead atoms. The largest absolute Gasteiger partial charge is 0.394 e. The molecule has 2 atom stereocenters. The fourth-order valence-corrected chi connectivity index (χ4v) is 1.62. The topological polar surface area (TPSA) is 73.6 Å². The molecule has 5 nitrogen and oxygen atoms in total. The second kappa shape index (κ2) is 5.69. The van der Waals surface area contributed by atoms with E-state index >= 15 is 0 Å². The normalized spacial score (nSPS) is 23.3. The van der Waals surface area contributed by atoms with Gasteiger partial charge in [-0.05, 0) is 6.42 Å². The number of aliphatic hydroxyl groups excluding tert-OH is 1. The van der Waals surface area contributed by atoms with Gasteiger partial charge in [0.05, 0.1) is 31.9 Å². The van der Waals surface area contributed by atoms with Gasteiger partial charge in [-0.15, -0.1) is 0 Å². The van der Waals surface area contributed by atoms with Crippen molar-refractivity contribution in [2.24, 2.45) is 5.92 Å². The molecule has 1 N–H and O–H groups in total. The van der Waals surface area contributed by atoms with Crippen LogP contribution in [0.5, 0.6) is 0 Å². The van der Waals surface area contributed by atoms with Crippen LogP contribution in [0.2, 0.25) is 0 Å². The minimum absolute atomic E-state index is 0.117. The molecular weight excluding hydrogens is 196 g/mol. The lowest BCUT2D eigenvalue weighted by Gasteiger charge is -2.35. The molecule has 1 aliphatic heterocycles. The van der Waals surface area contributed by atoms with Crippen molar-refractivity contribution in [2.45, 2.75) is 19.4 Å². The highest BCUT2D eigenvalue weighted by Crippen LogP contribution is 2.13. The third kappa shape index (κ3) is 2.67. The van der Waals surface area contributed by atoms with E-state index in [0.29, 0.717) is 26.2 Å². The smallest absolute Gasteiger partial charge is 0.240 e. The Morgan fingerprint density at radius 2 is 2.53 bits per heavy atom. The molecule has 2 unspecified atom stereocenters. The molecule has 0 aliphatic carbocycles. The van der Waals surface area contributed by atoms with Crippen molar-refractivity contribution in [3.8, 4) is 6.07 Å². The Morgan fingerprint density at radius 1 is 1.80 bits per heavy atom. The standard InChI is InChI=1S/C10H16N2O3/c1-2-8(5-11)10(14)12-3-4-15-7-9(12)6-13/h8-9,13H,2-4,6-7H2,1H3. The highest BCUT2D eigenvalue weighted by Gasteiger charge is 2.30. The molecule has 0 aromatic rings. The van der Waals surface area contributed by atoms with Crippen LogP contribution in [-0.4, -0.2) is 48.3 Å². The molecule has 5 heteroatoms. The first-order chi connectivity index (χ1) is 7.24. The van der Waals surface area contributed by atoms with Crippen molar-refractivity contribution < 1.29 is 14.6 Å². The Labute approximate surface area is 89.2 Å². The Hall–Kier alpha value is -1.12. The summed E-state index contributed by atoms with van der Waals surface area (Å²) in [6.45, 7) is 2.98. The van der Waals surface area contributed by atoms with Crippen molar-refractivity contribution in [3.05, 3.63) is 0 Å². The Kier molecular flexibility index (Phi) is 4.53. The van der Waals surface area contributed by atoms with Crippen LogP contribution in [0.4, 0.5) is 0 Å². The van der Waals surface area contributed by atoms with Gasteiger partial charge >= 0.3 is 0 Å². The van der Waals surface area contributed by atoms with Crippen molar-refractivity contribution >= 4 is 5.91 Å². The number of hydrogen-bond donors (Lipinski definition) is 1. The van der Waals surface area contributed by atoms with Gasteiger partial charge < -0.3 is 14.7 Å². The highest BCUT2D eigenvalue weighted by atomic mass is 16.5. The minimum atomic E-state index is -0.600. The summed E-state index contributed by atoms with van der Waals surface area (Å²) in [4.78, 5) is 13.4. The zero-order valence-corrected chi connectivity index (χ0v) is 8.85. The summed E-state index contributed by atoms with van der Waals surface area (Å²) in [5, 5.41) is 17.9. The Morgan fingerprint density at radius 3 is 3.07 bits per heavy atom. The van der Waals surface area contributed by atoms with Crippen molar-refractivity contribution in [1.29, 1.82) is 5.26 Å². The lowest BCUT2D eigenvalue weighted by molar-refractivity contribution is -0.144. The number of morpholine rings is 1. The lowest BCUT2D eigenvalue weighted by atomic mass is 10.1. The van der Waals surface area contributed by atoms with Crippen molar-refractivity contribution in [1.82, 2.24) is 4.90 Å². The summed E-state index contributed by atoms with van der Waals surface area (Å²) in [5.41, 5.74) is 0. The van der Waals surface area contributed by atoms with E-state index in [1.807, 2.05) is 6.07 Å². The zero-order chi connectivity index (χ0) is 11.3. The second-order valence-electron chi connectivity index (χ2n) is 3.53. The van der Waals surface area contributed by atoms with E-state index < -0.39 is 5.92 Å². The molecule has 1 saturated heterocycles. The van der Waals surface area contributed by atoms with Gasteiger partial charge in [-0.3, -0.25) is 4.79 Å². The highest BCUT2D eigenvalue weighted by molar-refractivity contribution is 5.81. The first-order valence-electron chi connectivity index (χ1n) is 5.13. The number of carbonyl (C=O) groups is 1. The lowest BCUT2D eigenvalue weighted by Crippen LogP contribution is -2.52. The molecule has 1 fully saturated rings. The van der Waals surface area contributed by atoms with E-state index in [2.05, 4.69) is 0 Å². The SMILES string of the molecule is CCC(C#N)C(=O)N1CCOCC1CO. The summed E-state index contributed by atoms with van der Waals surface area (Å²) < 4.78 is 5.16. The van der Waals surface area contributed by atoms with E-state index in [-0.39, 0.29) is 18.6 Å². The van der Waals surface area contributed by atoms with E-state index in [9.17, 15) is 4.79 Å². The summed E-state index contributed by atoms with van der Waals surface area (Å²) in [6, 6.07) is 1.68. The van der Waals surface area contributed by atoms with E-state index in [0.717, 1.165) is 0 Å². The molecule has 15 heavy (non-hydrogen) atoms. The number of ether oxygens (including phenoxy) is 1. The van der Waals surface area contributed by atoms with E-state index in [1.54, 1.807) is 11.8 Å². The van der Waals surface area contributed by atoms with Gasteiger partial charge in [0, 0.05) is 6.54 Å². The second-order valence-corrected chi connectivity index (χ2v) is 3.53. The Balaban J connectivity index is 2.67. The summed E-state index contributed by atoms with van der Waals surface area (Å²) in [5.74, 6) is -0.792. The summed E-state index contributed by atoms with van der Waals surface area (Å²) in [6.07, 6.45) is 0.505. The summed E-state index contributed by atoms with van der Waals surface area (Å²) in [7, 11) is 0. The first kappa shape index (κ1) is 12.0. The molecule has 1 aliphatic rings. The predicted molar refractivity (Wildman–Crippen MR) is 52.8 cm³/mol. The van der Waals surface area contributed by atoms with E-state index in [4.69, 9.17) is 15.1 Å². The average molecular weight is 212 g/mol. The van der Waals surface area contributed by atoms with Gasteiger partial charge in [0.25, 0.3) is 0 Å². The van der Waals surface area contributed by atoms with Gasteiger partial charge in [-0.2, -0.15) is 5.26 Å². The number of amides is 1. The quantitative estimate of drug-likeness (QED) is 0.700. The van der Waals surface area contributed by atoms with Crippen LogP contribution in [0.15, 0.2) is 0 Å². The molecule has 1 heterocycles. The maximum Gasteiger partial charge on any atom is 0.240 e. The maximum absolute atomic E-state index is 11.9. The van der Waals surface area contributed by atoms with Gasteiger partial charge in [-0.25, -0.2) is 0 Å². The van der Waals surface area contributed by atoms with Crippen LogP contribution >= 0.6 is 0 Å². The Bertz CT molecular complexity index is 262. The van der Waals surface area contributed by atoms with Crippen LogP contribution in [0, 0.1) is 17.2 Å². The average Bonchev–Trinajstić information content (AvgIpc) is 2.30. The molecule has 1 amide bonds. The van der Waals surface area contributed by atoms with Crippen LogP contribution < -0.4 is 0 Å². The molecule has 0 saturated carbocycles. The molecule has 0 aromatic heterocycles. The van der Waals surface area contributed by atoms with Crippen molar-refractivity contribution in [2.75, 3.05) is 26.4 Å². The number of nitrogens with zero attached hydrogens (tertiary/aromatic N) is 2. The molecule has 0 radical (unpaired) electrons. The van der Waals surface area contributed by atoms with Gasteiger partial charge in [0.1, 0.15) is 5.92 Å². The molecule has 0 aromatic carbocycles. The maximum atomic E-state index is 11.9. The van der Waals surface area contributed by atoms with Gasteiger partial charge in [-0.1, -0.05) is 6.92 Å². The number of rotatable bonds is 3. The molecule has 84 valence electrons. The molecular formula is C10H16N2O3. The van der Waals surface area contributed by atoms with Gasteiger partial charge in [0.2, 0.25) is 5.91 Å². The third-order valence-electron chi connectivity index (χ3n) is 2.58. The minimum Gasteiger partial charge on any atom is -0.394 e.